The number of benzene rings is 2. The average Bonchev–Trinajstić information content (AvgIpc) is 3.85. The fourth-order valence-corrected chi connectivity index (χ4v) is 9.69. The van der Waals surface area contributed by atoms with Crippen LogP contribution in [0.15, 0.2) is 69.5 Å². The number of hydrogen-bond acceptors (Lipinski definition) is 11. The SMILES string of the molecule is CC(=NNC(=S)N1CCC(C(=O)O)CC1)c1csc(-c2ccc(C(C)(C)C)cc2)c1O.COC(=O)C1CCN(C(=S)NN=C(C)c2csc(-c3ccc(C(C)(C)C)cc3)c2O)CC1. The Bertz CT molecular complexity index is 2310. The molecule has 2 fully saturated rings. The number of hydrogen-bond donors (Lipinski definition) is 5. The lowest BCUT2D eigenvalue weighted by Gasteiger charge is -2.31. The van der Waals surface area contributed by atoms with Crippen LogP contribution in [0, 0.1) is 11.8 Å². The topological polar surface area (TPSA) is 159 Å². The summed E-state index contributed by atoms with van der Waals surface area (Å²) in [5.74, 6) is -0.833. The number of ether oxygens (including phenoxy) is 1. The van der Waals surface area contributed by atoms with Crippen molar-refractivity contribution in [2.75, 3.05) is 33.3 Å². The zero-order chi connectivity index (χ0) is 46.2. The lowest BCUT2D eigenvalue weighted by atomic mass is 9.86. The number of aromatic hydroxyl groups is 2. The van der Waals surface area contributed by atoms with Crippen LogP contribution in [-0.2, 0) is 25.2 Å². The quantitative estimate of drug-likeness (QED) is 0.0494. The van der Waals surface area contributed by atoms with Gasteiger partial charge in [0, 0.05) is 36.9 Å². The van der Waals surface area contributed by atoms with Crippen LogP contribution in [0.2, 0.25) is 0 Å². The van der Waals surface area contributed by atoms with Crippen molar-refractivity contribution in [3.05, 3.63) is 81.5 Å². The summed E-state index contributed by atoms with van der Waals surface area (Å²) >= 11 is 13.8. The van der Waals surface area contributed by atoms with Crippen molar-refractivity contribution in [2.24, 2.45) is 22.0 Å². The zero-order valence-electron chi connectivity index (χ0n) is 37.6. The maximum Gasteiger partial charge on any atom is 0.308 e. The number of carboxylic acid groups (broad SMARTS) is 1. The molecule has 0 radical (unpaired) electrons. The Hall–Kier alpha value is -4.90. The number of thiophene rings is 2. The number of methoxy groups -OCH3 is 1. The Morgan fingerprint density at radius 2 is 1.02 bits per heavy atom. The maximum atomic E-state index is 11.7. The number of carbonyl (C=O) groups excluding carboxylic acids is 1. The normalized spacial score (nSPS) is 15.6. The molecule has 338 valence electrons. The number of likely N-dealkylation sites (tertiary alicyclic amines) is 2. The lowest BCUT2D eigenvalue weighted by Crippen LogP contribution is -2.44. The summed E-state index contributed by atoms with van der Waals surface area (Å²) in [7, 11) is 1.42. The van der Waals surface area contributed by atoms with Crippen LogP contribution in [0.3, 0.4) is 0 Å². The summed E-state index contributed by atoms with van der Waals surface area (Å²) in [6.07, 6.45) is 2.56. The van der Waals surface area contributed by atoms with Crippen LogP contribution >= 0.6 is 47.1 Å². The summed E-state index contributed by atoms with van der Waals surface area (Å²) in [4.78, 5) is 28.3. The molecule has 2 aromatic carbocycles. The molecule has 0 unspecified atom stereocenters. The third-order valence-electron chi connectivity index (χ3n) is 11.4. The summed E-state index contributed by atoms with van der Waals surface area (Å²) < 4.78 is 4.83. The summed E-state index contributed by atoms with van der Waals surface area (Å²) in [5.41, 5.74) is 13.1. The Kier molecular flexibility index (Phi) is 16.5. The highest BCUT2D eigenvalue weighted by molar-refractivity contribution is 7.80. The third kappa shape index (κ3) is 12.6. The highest BCUT2D eigenvalue weighted by Crippen LogP contribution is 2.41. The van der Waals surface area contributed by atoms with Gasteiger partial charge in [-0.25, -0.2) is 0 Å². The molecular formula is C47H60N6O6S4. The van der Waals surface area contributed by atoms with E-state index in [0.717, 1.165) is 20.9 Å². The van der Waals surface area contributed by atoms with E-state index in [4.69, 9.17) is 34.3 Å². The second-order valence-corrected chi connectivity index (χ2v) is 20.5. The van der Waals surface area contributed by atoms with Gasteiger partial charge in [0.15, 0.2) is 10.2 Å². The van der Waals surface area contributed by atoms with E-state index >= 15 is 0 Å². The van der Waals surface area contributed by atoms with Gasteiger partial charge in [0.05, 0.1) is 51.3 Å². The Balaban J connectivity index is 0.000000238. The lowest BCUT2D eigenvalue weighted by molar-refractivity contribution is -0.146. The monoisotopic (exact) mass is 932 g/mol. The van der Waals surface area contributed by atoms with E-state index in [2.05, 4.69) is 86.9 Å². The van der Waals surface area contributed by atoms with Crippen LogP contribution in [-0.4, -0.2) is 92.0 Å². The highest BCUT2D eigenvalue weighted by Gasteiger charge is 2.28. The smallest absolute Gasteiger partial charge is 0.308 e. The van der Waals surface area contributed by atoms with Crippen molar-refractivity contribution in [3.63, 3.8) is 0 Å². The highest BCUT2D eigenvalue weighted by atomic mass is 32.1. The molecule has 2 saturated heterocycles. The molecule has 0 bridgehead atoms. The molecule has 5 N–H and O–H groups in total. The first-order valence-electron chi connectivity index (χ1n) is 21.0. The molecule has 0 atom stereocenters. The fraction of sp³-hybridized carbons (Fsp3) is 0.447. The maximum absolute atomic E-state index is 11.7. The standard InChI is InChI=1S/C24H31N3O3S2.C23H29N3O3S2/c1-15(25-26-23(31)27-12-10-17(11-13-27)22(29)30-5)19-14-32-21(20(19)28)16-6-8-18(9-7-16)24(2,3)4;1-14(24-25-22(30)26-11-9-16(10-12-26)21(28)29)18-13-31-20(19(18)27)15-5-7-17(8-6-15)23(2,3)4/h6-9,14,17,28H,10-13H2,1-5H3,(H,26,31);5-8,13,16,27H,9-12H2,1-4H3,(H,25,30)(H,28,29). The molecule has 0 spiro atoms. The molecule has 4 heterocycles. The van der Waals surface area contributed by atoms with E-state index < -0.39 is 5.97 Å². The van der Waals surface area contributed by atoms with Crippen molar-refractivity contribution in [1.82, 2.24) is 20.7 Å². The van der Waals surface area contributed by atoms with E-state index in [1.165, 1.54) is 40.9 Å². The van der Waals surface area contributed by atoms with E-state index in [1.807, 2.05) is 58.7 Å². The molecule has 12 nitrogen and oxygen atoms in total. The zero-order valence-corrected chi connectivity index (χ0v) is 40.8. The van der Waals surface area contributed by atoms with E-state index in [0.29, 0.717) is 84.6 Å². The molecular weight excluding hydrogens is 873 g/mol. The van der Waals surface area contributed by atoms with E-state index in [1.54, 1.807) is 0 Å². The van der Waals surface area contributed by atoms with Crippen molar-refractivity contribution >= 4 is 80.7 Å². The van der Waals surface area contributed by atoms with Gasteiger partial charge in [-0.2, -0.15) is 10.2 Å². The number of rotatable bonds is 8. The van der Waals surface area contributed by atoms with Gasteiger partial charge in [-0.15, -0.1) is 22.7 Å². The van der Waals surface area contributed by atoms with Gasteiger partial charge in [-0.1, -0.05) is 90.1 Å². The third-order valence-corrected chi connectivity index (χ3v) is 14.2. The van der Waals surface area contributed by atoms with Gasteiger partial charge in [0.25, 0.3) is 0 Å². The number of hydrazone groups is 2. The average molecular weight is 933 g/mol. The first-order valence-corrected chi connectivity index (χ1v) is 23.6. The minimum absolute atomic E-state index is 0.0667. The number of thiocarbonyl (C=S) groups is 2. The summed E-state index contributed by atoms with van der Waals surface area (Å²) in [6, 6.07) is 16.6. The van der Waals surface area contributed by atoms with Gasteiger partial charge in [0.2, 0.25) is 0 Å². The molecule has 0 amide bonds. The van der Waals surface area contributed by atoms with Crippen molar-refractivity contribution in [1.29, 1.82) is 0 Å². The van der Waals surface area contributed by atoms with Crippen LogP contribution < -0.4 is 10.9 Å². The fourth-order valence-electron chi connectivity index (χ4n) is 7.21. The van der Waals surface area contributed by atoms with Gasteiger partial charge >= 0.3 is 11.9 Å². The number of carboxylic acids is 1. The number of aliphatic carboxylic acids is 1. The minimum Gasteiger partial charge on any atom is -0.506 e. The molecule has 6 rings (SSSR count). The Morgan fingerprint density at radius 1 is 0.667 bits per heavy atom. The molecule has 16 heteroatoms. The summed E-state index contributed by atoms with van der Waals surface area (Å²) in [6.45, 7) is 19.3. The van der Waals surface area contributed by atoms with Crippen molar-refractivity contribution < 1.29 is 29.6 Å². The van der Waals surface area contributed by atoms with Crippen molar-refractivity contribution in [3.8, 4) is 32.4 Å². The van der Waals surface area contributed by atoms with Gasteiger partial charge < -0.3 is 29.9 Å². The van der Waals surface area contributed by atoms with Crippen LogP contribution in [0.5, 0.6) is 11.5 Å². The predicted molar refractivity (Wildman–Crippen MR) is 264 cm³/mol. The van der Waals surface area contributed by atoms with Gasteiger partial charge in [-0.05, 0) is 97.1 Å². The molecule has 63 heavy (non-hydrogen) atoms. The minimum atomic E-state index is -0.746. The number of nitrogens with one attached hydrogen (secondary N) is 2. The molecule has 0 saturated carbocycles. The first-order chi connectivity index (χ1) is 29.7. The number of carbonyl (C=O) groups is 2. The predicted octanol–water partition coefficient (Wildman–Crippen LogP) is 9.71. The van der Waals surface area contributed by atoms with E-state index in [-0.39, 0.29) is 40.1 Å². The van der Waals surface area contributed by atoms with E-state index in [9.17, 15) is 19.8 Å². The number of piperidine rings is 2. The van der Waals surface area contributed by atoms with Crippen LogP contribution in [0.25, 0.3) is 20.9 Å². The molecule has 4 aromatic rings. The molecule has 2 aromatic heterocycles. The first kappa shape index (κ1) is 49.1. The van der Waals surface area contributed by atoms with Gasteiger partial charge in [0.1, 0.15) is 11.5 Å². The van der Waals surface area contributed by atoms with Crippen molar-refractivity contribution in [2.45, 2.75) is 91.9 Å². The molecule has 2 aliphatic rings. The Labute approximate surface area is 390 Å². The largest absolute Gasteiger partial charge is 0.506 e. The van der Waals surface area contributed by atoms with Crippen LogP contribution in [0.1, 0.15) is 103 Å². The van der Waals surface area contributed by atoms with Crippen LogP contribution in [0.4, 0.5) is 0 Å². The number of nitrogens with zero attached hydrogens (tertiary/aromatic N) is 4. The Morgan fingerprint density at radius 3 is 1.33 bits per heavy atom. The van der Waals surface area contributed by atoms with Gasteiger partial charge in [-0.3, -0.25) is 20.4 Å². The molecule has 2 aliphatic heterocycles. The molecule has 0 aliphatic carbocycles. The second kappa shape index (κ2) is 21.2. The second-order valence-electron chi connectivity index (χ2n) is 17.9. The summed E-state index contributed by atoms with van der Waals surface area (Å²) in [5, 5.41) is 44.2. The number of esters is 1.